The molecule has 0 fully saturated rings. The quantitative estimate of drug-likeness (QED) is 0.648. The van der Waals surface area contributed by atoms with Crippen LogP contribution in [0, 0.1) is 5.82 Å². The average molecular weight is 475 g/mol. The maximum atomic E-state index is 14.3. The molecule has 13 heteroatoms. The standard InChI is InChI=1S/C16H12Cl2F4N2O4S/c1-24(2)29(26,27)23-15(25)9-6-12(18)14(7-13(9)19)28-8-3-4-10(11(17)5-8)16(20,21)22/h3-7H,1-2H3,(H,23,25). The first-order valence-electron chi connectivity index (χ1n) is 7.50. The summed E-state index contributed by atoms with van der Waals surface area (Å²) in [5.41, 5.74) is -1.77. The molecule has 0 radical (unpaired) electrons. The number of hydrogen-bond acceptors (Lipinski definition) is 4. The van der Waals surface area contributed by atoms with Crippen molar-refractivity contribution in [1.82, 2.24) is 9.03 Å². The van der Waals surface area contributed by atoms with E-state index in [1.54, 1.807) is 4.72 Å². The summed E-state index contributed by atoms with van der Waals surface area (Å²) in [5, 5.41) is -0.939. The van der Waals surface area contributed by atoms with Crippen LogP contribution in [0.15, 0.2) is 30.3 Å². The Bertz CT molecular complexity index is 1060. The number of carbonyl (C=O) groups is 1. The van der Waals surface area contributed by atoms with Crippen LogP contribution in [0.5, 0.6) is 11.5 Å². The van der Waals surface area contributed by atoms with Crippen LogP contribution in [-0.4, -0.2) is 32.7 Å². The molecular weight excluding hydrogens is 463 g/mol. The minimum Gasteiger partial charge on any atom is -0.456 e. The minimum atomic E-state index is -4.67. The van der Waals surface area contributed by atoms with E-state index in [1.807, 2.05) is 0 Å². The van der Waals surface area contributed by atoms with Crippen LogP contribution in [0.1, 0.15) is 15.9 Å². The molecule has 2 aromatic carbocycles. The molecular formula is C16H12Cl2F4N2O4S. The summed E-state index contributed by atoms with van der Waals surface area (Å²) in [6.45, 7) is 0. The molecule has 29 heavy (non-hydrogen) atoms. The van der Waals surface area contributed by atoms with E-state index in [4.69, 9.17) is 27.9 Å². The van der Waals surface area contributed by atoms with Crippen LogP contribution in [0.4, 0.5) is 17.6 Å². The van der Waals surface area contributed by atoms with Crippen LogP contribution in [0.25, 0.3) is 0 Å². The Morgan fingerprint density at radius 2 is 1.72 bits per heavy atom. The maximum Gasteiger partial charge on any atom is 0.417 e. The van der Waals surface area contributed by atoms with Crippen LogP contribution in [0.2, 0.25) is 10.0 Å². The van der Waals surface area contributed by atoms with Gasteiger partial charge in [0.2, 0.25) is 0 Å². The largest absolute Gasteiger partial charge is 0.456 e. The molecule has 0 aliphatic carbocycles. The number of benzene rings is 2. The van der Waals surface area contributed by atoms with Gasteiger partial charge in [0.25, 0.3) is 5.91 Å². The van der Waals surface area contributed by atoms with Crippen molar-refractivity contribution in [2.45, 2.75) is 6.18 Å². The number of ether oxygens (including phenoxy) is 1. The number of rotatable bonds is 5. The fourth-order valence-electron chi connectivity index (χ4n) is 1.96. The summed E-state index contributed by atoms with van der Waals surface area (Å²) in [5.74, 6) is -2.94. The number of nitrogens with one attached hydrogen (secondary N) is 1. The summed E-state index contributed by atoms with van der Waals surface area (Å²) in [7, 11) is -1.85. The lowest BCUT2D eigenvalue weighted by Gasteiger charge is -2.14. The van der Waals surface area contributed by atoms with E-state index in [2.05, 4.69) is 0 Å². The van der Waals surface area contributed by atoms with Crippen molar-refractivity contribution in [1.29, 1.82) is 0 Å². The summed E-state index contributed by atoms with van der Waals surface area (Å²) in [6.07, 6.45) is -4.67. The molecule has 0 aromatic heterocycles. The summed E-state index contributed by atoms with van der Waals surface area (Å²) in [6, 6.07) is 4.00. The molecule has 2 rings (SSSR count). The van der Waals surface area contributed by atoms with Crippen LogP contribution in [-0.2, 0) is 16.4 Å². The van der Waals surface area contributed by atoms with Gasteiger partial charge < -0.3 is 4.74 Å². The van der Waals surface area contributed by atoms with E-state index in [0.29, 0.717) is 16.4 Å². The van der Waals surface area contributed by atoms with Gasteiger partial charge >= 0.3 is 16.4 Å². The van der Waals surface area contributed by atoms with Crippen molar-refractivity contribution in [2.75, 3.05) is 14.1 Å². The molecule has 0 heterocycles. The second-order valence-electron chi connectivity index (χ2n) is 5.72. The fourth-order valence-corrected chi connectivity index (χ4v) is 2.97. The van der Waals surface area contributed by atoms with Gasteiger partial charge in [-0.2, -0.15) is 25.9 Å². The van der Waals surface area contributed by atoms with E-state index >= 15 is 0 Å². The Hall–Kier alpha value is -2.08. The van der Waals surface area contributed by atoms with Crippen molar-refractivity contribution in [2.24, 2.45) is 0 Å². The molecule has 1 amide bonds. The normalized spacial score (nSPS) is 12.2. The SMILES string of the molecule is CN(C)S(=O)(=O)NC(=O)c1cc(Cl)c(Oc2ccc(C(F)(F)F)c(Cl)c2)cc1F. The zero-order chi connectivity index (χ0) is 22.1. The highest BCUT2D eigenvalue weighted by molar-refractivity contribution is 7.87. The zero-order valence-corrected chi connectivity index (χ0v) is 17.0. The first-order chi connectivity index (χ1) is 13.2. The molecule has 2 aromatic rings. The molecule has 0 aliphatic heterocycles. The van der Waals surface area contributed by atoms with E-state index in [0.717, 1.165) is 32.3 Å². The van der Waals surface area contributed by atoms with E-state index in [-0.39, 0.29) is 16.5 Å². The zero-order valence-electron chi connectivity index (χ0n) is 14.6. The highest BCUT2D eigenvalue weighted by Gasteiger charge is 2.33. The van der Waals surface area contributed by atoms with Gasteiger partial charge in [-0.1, -0.05) is 23.2 Å². The molecule has 0 atom stereocenters. The number of amides is 1. The number of carbonyl (C=O) groups excluding carboxylic acids is 1. The van der Waals surface area contributed by atoms with E-state index < -0.39 is 44.3 Å². The smallest absolute Gasteiger partial charge is 0.417 e. The summed E-state index contributed by atoms with van der Waals surface area (Å²) < 4.78 is 83.4. The Balaban J connectivity index is 2.30. The van der Waals surface area contributed by atoms with Crippen molar-refractivity contribution in [3.8, 4) is 11.5 Å². The number of alkyl halides is 3. The van der Waals surface area contributed by atoms with Gasteiger partial charge in [0.1, 0.15) is 17.3 Å². The predicted molar refractivity (Wildman–Crippen MR) is 98.0 cm³/mol. The van der Waals surface area contributed by atoms with Crippen molar-refractivity contribution < 1.29 is 35.5 Å². The minimum absolute atomic E-state index is 0.170. The lowest BCUT2D eigenvalue weighted by atomic mass is 10.2. The lowest BCUT2D eigenvalue weighted by Crippen LogP contribution is -2.39. The summed E-state index contributed by atoms with van der Waals surface area (Å²) in [4.78, 5) is 12.0. The average Bonchev–Trinajstić information content (AvgIpc) is 2.56. The third-order valence-corrected chi connectivity index (χ3v) is 5.46. The second-order valence-corrected chi connectivity index (χ2v) is 8.42. The van der Waals surface area contributed by atoms with Crippen molar-refractivity contribution in [3.05, 3.63) is 57.3 Å². The monoisotopic (exact) mass is 474 g/mol. The van der Waals surface area contributed by atoms with Crippen LogP contribution in [0.3, 0.4) is 0 Å². The molecule has 158 valence electrons. The number of nitrogens with zero attached hydrogens (tertiary/aromatic N) is 1. The summed E-state index contributed by atoms with van der Waals surface area (Å²) >= 11 is 11.5. The number of halogens is 6. The molecule has 1 N–H and O–H groups in total. The Morgan fingerprint density at radius 3 is 2.24 bits per heavy atom. The lowest BCUT2D eigenvalue weighted by molar-refractivity contribution is -0.137. The first kappa shape index (κ1) is 23.2. The first-order valence-corrected chi connectivity index (χ1v) is 9.70. The third-order valence-electron chi connectivity index (χ3n) is 3.44. The van der Waals surface area contributed by atoms with Gasteiger partial charge in [0.15, 0.2) is 0 Å². The van der Waals surface area contributed by atoms with Gasteiger partial charge in [0.05, 0.1) is 21.2 Å². The molecule has 0 aliphatic rings. The maximum absolute atomic E-state index is 14.3. The van der Waals surface area contributed by atoms with E-state index in [9.17, 15) is 30.8 Å². The highest BCUT2D eigenvalue weighted by atomic mass is 35.5. The molecule has 0 saturated carbocycles. The van der Waals surface area contributed by atoms with Gasteiger partial charge in [-0.3, -0.25) is 4.79 Å². The Morgan fingerprint density at radius 1 is 1.10 bits per heavy atom. The topological polar surface area (TPSA) is 75.7 Å². The predicted octanol–water partition coefficient (Wildman–Crippen LogP) is 4.48. The van der Waals surface area contributed by atoms with Crippen LogP contribution >= 0.6 is 23.2 Å². The molecule has 0 spiro atoms. The van der Waals surface area contributed by atoms with Gasteiger partial charge in [0, 0.05) is 26.2 Å². The molecule has 0 bridgehead atoms. The van der Waals surface area contributed by atoms with Gasteiger partial charge in [-0.05, 0) is 18.2 Å². The van der Waals surface area contributed by atoms with Crippen molar-refractivity contribution in [3.63, 3.8) is 0 Å². The fraction of sp³-hybridized carbons (Fsp3) is 0.188. The molecule has 0 saturated heterocycles. The third kappa shape index (κ3) is 5.50. The Kier molecular flexibility index (Phi) is 6.68. The van der Waals surface area contributed by atoms with Crippen LogP contribution < -0.4 is 9.46 Å². The second kappa shape index (κ2) is 8.34. The Labute approximate surface area is 173 Å². The highest BCUT2D eigenvalue weighted by Crippen LogP contribution is 2.38. The molecule has 6 nitrogen and oxygen atoms in total. The van der Waals surface area contributed by atoms with E-state index in [1.165, 1.54) is 0 Å². The molecule has 0 unspecified atom stereocenters. The number of hydrogen-bond donors (Lipinski definition) is 1. The van der Waals surface area contributed by atoms with Crippen molar-refractivity contribution >= 4 is 39.3 Å². The van der Waals surface area contributed by atoms with Gasteiger partial charge in [-0.15, -0.1) is 0 Å². The van der Waals surface area contributed by atoms with Gasteiger partial charge in [-0.25, -0.2) is 9.11 Å².